The SMILES string of the molecule is Cc1cccc(C(=O)NCCCCCc2nc3ccccc3n2Cc2c(Cl)cccc2Cl)c1. The third kappa shape index (κ3) is 5.76. The summed E-state index contributed by atoms with van der Waals surface area (Å²) in [6.45, 7) is 3.24. The van der Waals surface area contributed by atoms with Crippen LogP contribution in [-0.4, -0.2) is 22.0 Å². The fourth-order valence-electron chi connectivity index (χ4n) is 4.01. The lowest BCUT2D eigenvalue weighted by atomic mass is 10.1. The van der Waals surface area contributed by atoms with Crippen LogP contribution in [0, 0.1) is 6.92 Å². The number of unbranched alkanes of at least 4 members (excludes halogenated alkanes) is 2. The summed E-state index contributed by atoms with van der Waals surface area (Å²) in [7, 11) is 0. The number of hydrogen-bond donors (Lipinski definition) is 1. The molecule has 33 heavy (non-hydrogen) atoms. The van der Waals surface area contributed by atoms with Crippen LogP contribution in [0.4, 0.5) is 0 Å². The number of benzene rings is 3. The fraction of sp³-hybridized carbons (Fsp3) is 0.259. The van der Waals surface area contributed by atoms with Crippen molar-refractivity contribution >= 4 is 40.1 Å². The smallest absolute Gasteiger partial charge is 0.251 e. The van der Waals surface area contributed by atoms with E-state index in [0.29, 0.717) is 28.7 Å². The van der Waals surface area contributed by atoms with E-state index < -0.39 is 0 Å². The zero-order chi connectivity index (χ0) is 23.2. The van der Waals surface area contributed by atoms with Gasteiger partial charge >= 0.3 is 0 Å². The first-order valence-corrected chi connectivity index (χ1v) is 12.0. The molecule has 170 valence electrons. The second kappa shape index (κ2) is 10.9. The highest BCUT2D eigenvalue weighted by molar-refractivity contribution is 6.36. The summed E-state index contributed by atoms with van der Waals surface area (Å²) >= 11 is 12.9. The largest absolute Gasteiger partial charge is 0.352 e. The number of nitrogens with zero attached hydrogens (tertiary/aromatic N) is 2. The predicted octanol–water partition coefficient (Wildman–Crippen LogP) is 6.84. The molecule has 0 spiro atoms. The Morgan fingerprint density at radius 2 is 1.70 bits per heavy atom. The van der Waals surface area contributed by atoms with Gasteiger partial charge in [-0.2, -0.15) is 0 Å². The first-order valence-electron chi connectivity index (χ1n) is 11.2. The molecule has 4 nitrogen and oxygen atoms in total. The highest BCUT2D eigenvalue weighted by Crippen LogP contribution is 2.28. The molecule has 0 unspecified atom stereocenters. The van der Waals surface area contributed by atoms with E-state index in [0.717, 1.165) is 53.7 Å². The lowest BCUT2D eigenvalue weighted by Crippen LogP contribution is -2.24. The minimum atomic E-state index is -0.0166. The summed E-state index contributed by atoms with van der Waals surface area (Å²) in [4.78, 5) is 17.1. The summed E-state index contributed by atoms with van der Waals surface area (Å²) in [6, 6.07) is 21.4. The van der Waals surface area contributed by atoms with Gasteiger partial charge in [0, 0.05) is 34.1 Å². The molecule has 1 heterocycles. The number of rotatable bonds is 9. The number of para-hydroxylation sites is 2. The molecule has 0 fully saturated rings. The molecule has 4 aromatic rings. The predicted molar refractivity (Wildman–Crippen MR) is 136 cm³/mol. The van der Waals surface area contributed by atoms with Crippen LogP contribution in [0.1, 0.15) is 46.6 Å². The first-order chi connectivity index (χ1) is 16.0. The Kier molecular flexibility index (Phi) is 7.69. The lowest BCUT2D eigenvalue weighted by Gasteiger charge is -2.12. The number of imidazole rings is 1. The van der Waals surface area contributed by atoms with Crippen LogP contribution in [0.3, 0.4) is 0 Å². The van der Waals surface area contributed by atoms with Crippen LogP contribution in [0.5, 0.6) is 0 Å². The minimum absolute atomic E-state index is 0.0166. The molecule has 0 bridgehead atoms. The van der Waals surface area contributed by atoms with Crippen LogP contribution in [0.2, 0.25) is 10.0 Å². The molecule has 0 aliphatic carbocycles. The molecule has 0 radical (unpaired) electrons. The number of carbonyl (C=O) groups excluding carboxylic acids is 1. The minimum Gasteiger partial charge on any atom is -0.352 e. The van der Waals surface area contributed by atoms with Gasteiger partial charge in [0.05, 0.1) is 17.6 Å². The number of halogens is 2. The molecule has 4 rings (SSSR count). The molecular weight excluding hydrogens is 453 g/mol. The average molecular weight is 480 g/mol. The van der Waals surface area contributed by atoms with Crippen molar-refractivity contribution in [3.63, 3.8) is 0 Å². The molecule has 0 aliphatic heterocycles. The van der Waals surface area contributed by atoms with Crippen molar-refractivity contribution in [2.75, 3.05) is 6.54 Å². The van der Waals surface area contributed by atoms with Crippen molar-refractivity contribution < 1.29 is 4.79 Å². The van der Waals surface area contributed by atoms with E-state index in [4.69, 9.17) is 28.2 Å². The van der Waals surface area contributed by atoms with Gasteiger partial charge in [-0.3, -0.25) is 4.79 Å². The van der Waals surface area contributed by atoms with Gasteiger partial charge < -0.3 is 9.88 Å². The molecule has 6 heteroatoms. The van der Waals surface area contributed by atoms with Gasteiger partial charge in [-0.25, -0.2) is 4.98 Å². The van der Waals surface area contributed by atoms with Crippen LogP contribution >= 0.6 is 23.2 Å². The van der Waals surface area contributed by atoms with Gasteiger partial charge in [0.25, 0.3) is 5.91 Å². The lowest BCUT2D eigenvalue weighted by molar-refractivity contribution is 0.0953. The summed E-state index contributed by atoms with van der Waals surface area (Å²) in [5, 5.41) is 4.34. The maximum Gasteiger partial charge on any atom is 0.251 e. The number of aryl methyl sites for hydroxylation is 2. The van der Waals surface area contributed by atoms with Gasteiger partial charge in [-0.05, 0) is 56.2 Å². The summed E-state index contributed by atoms with van der Waals surface area (Å²) in [6.07, 6.45) is 3.76. The van der Waals surface area contributed by atoms with Crippen molar-refractivity contribution in [1.82, 2.24) is 14.9 Å². The van der Waals surface area contributed by atoms with Crippen LogP contribution < -0.4 is 5.32 Å². The maximum atomic E-state index is 12.3. The van der Waals surface area contributed by atoms with Crippen LogP contribution in [-0.2, 0) is 13.0 Å². The van der Waals surface area contributed by atoms with Gasteiger partial charge in [-0.15, -0.1) is 0 Å². The third-order valence-electron chi connectivity index (χ3n) is 5.75. The molecule has 1 aromatic heterocycles. The molecule has 0 saturated heterocycles. The average Bonchev–Trinajstić information content (AvgIpc) is 3.15. The van der Waals surface area contributed by atoms with Gasteiger partial charge in [0.2, 0.25) is 0 Å². The molecule has 1 N–H and O–H groups in total. The number of nitrogens with one attached hydrogen (secondary N) is 1. The normalized spacial score (nSPS) is 11.1. The summed E-state index contributed by atoms with van der Waals surface area (Å²) in [5.74, 6) is 1.01. The zero-order valence-electron chi connectivity index (χ0n) is 18.7. The molecular formula is C27H27Cl2N3O. The van der Waals surface area contributed by atoms with Crippen molar-refractivity contribution in [3.8, 4) is 0 Å². The third-order valence-corrected chi connectivity index (χ3v) is 6.46. The Balaban J connectivity index is 1.36. The van der Waals surface area contributed by atoms with Crippen molar-refractivity contribution in [1.29, 1.82) is 0 Å². The molecule has 0 atom stereocenters. The Hall–Kier alpha value is -2.82. The number of amides is 1. The van der Waals surface area contributed by atoms with E-state index in [1.165, 1.54) is 0 Å². The Morgan fingerprint density at radius 3 is 2.48 bits per heavy atom. The molecule has 0 saturated carbocycles. The standard InChI is InChI=1S/C27H27Cl2N3O/c1-19-9-7-10-20(17-19)27(33)30-16-6-2-3-15-26-31-24-13-4-5-14-25(24)32(26)18-21-22(28)11-8-12-23(21)29/h4-5,7-14,17H,2-3,6,15-16,18H2,1H3,(H,30,33). The van der Waals surface area contributed by atoms with E-state index in [1.807, 2.05) is 67.6 Å². The Labute approximate surface area is 204 Å². The van der Waals surface area contributed by atoms with Crippen LogP contribution in [0.15, 0.2) is 66.7 Å². The monoisotopic (exact) mass is 479 g/mol. The van der Waals surface area contributed by atoms with Gasteiger partial charge in [0.1, 0.15) is 5.82 Å². The van der Waals surface area contributed by atoms with Crippen molar-refractivity contribution in [3.05, 3.63) is 99.3 Å². The molecule has 0 aliphatic rings. The number of fused-ring (bicyclic) bond motifs is 1. The van der Waals surface area contributed by atoms with E-state index in [1.54, 1.807) is 0 Å². The Morgan fingerprint density at radius 1 is 0.939 bits per heavy atom. The number of carbonyl (C=O) groups is 1. The number of hydrogen-bond acceptors (Lipinski definition) is 2. The van der Waals surface area contributed by atoms with Crippen LogP contribution in [0.25, 0.3) is 11.0 Å². The molecule has 3 aromatic carbocycles. The fourth-order valence-corrected chi connectivity index (χ4v) is 4.53. The van der Waals surface area contributed by atoms with E-state index in [9.17, 15) is 4.79 Å². The van der Waals surface area contributed by atoms with E-state index in [2.05, 4.69) is 16.0 Å². The van der Waals surface area contributed by atoms with Gasteiger partial charge in [0.15, 0.2) is 0 Å². The van der Waals surface area contributed by atoms with Gasteiger partial charge in [-0.1, -0.05) is 65.5 Å². The Bertz CT molecular complexity index is 1250. The topological polar surface area (TPSA) is 46.9 Å². The summed E-state index contributed by atoms with van der Waals surface area (Å²) in [5.41, 5.74) is 4.75. The second-order valence-electron chi connectivity index (χ2n) is 8.24. The quantitative estimate of drug-likeness (QED) is 0.267. The van der Waals surface area contributed by atoms with Crippen molar-refractivity contribution in [2.24, 2.45) is 0 Å². The van der Waals surface area contributed by atoms with E-state index >= 15 is 0 Å². The van der Waals surface area contributed by atoms with E-state index in [-0.39, 0.29) is 5.91 Å². The zero-order valence-corrected chi connectivity index (χ0v) is 20.2. The molecule has 1 amide bonds. The maximum absolute atomic E-state index is 12.3. The highest BCUT2D eigenvalue weighted by Gasteiger charge is 2.14. The van der Waals surface area contributed by atoms with Crippen molar-refractivity contribution in [2.45, 2.75) is 39.2 Å². The second-order valence-corrected chi connectivity index (χ2v) is 9.05. The first kappa shape index (κ1) is 23.3. The highest BCUT2D eigenvalue weighted by atomic mass is 35.5. The number of aromatic nitrogens is 2. The summed E-state index contributed by atoms with van der Waals surface area (Å²) < 4.78 is 2.21.